The third kappa shape index (κ3) is 2.38. The molecule has 78 valence electrons. The molecule has 0 spiro atoms. The second-order valence-electron chi connectivity index (χ2n) is 2.73. The van der Waals surface area contributed by atoms with Gasteiger partial charge in [-0.1, -0.05) is 0 Å². The molecule has 2 N–H and O–H groups in total. The minimum absolute atomic E-state index is 0.388. The number of aromatic nitrogens is 2. The summed E-state index contributed by atoms with van der Waals surface area (Å²) in [7, 11) is 0. The normalized spacial score (nSPS) is 10.1. The van der Waals surface area contributed by atoms with Gasteiger partial charge in [0, 0.05) is 25.2 Å². The van der Waals surface area contributed by atoms with Gasteiger partial charge < -0.3 is 9.88 Å². The van der Waals surface area contributed by atoms with E-state index in [0.29, 0.717) is 24.7 Å². The zero-order valence-corrected chi connectivity index (χ0v) is 8.60. The fourth-order valence-corrected chi connectivity index (χ4v) is 1.39. The average molecular weight is 218 g/mol. The Morgan fingerprint density at radius 1 is 1.50 bits per heavy atom. The minimum Gasteiger partial charge on any atom is -0.365 e. The first-order chi connectivity index (χ1) is 6.69. The highest BCUT2D eigenvalue weighted by atomic mass is 35.5. The molecule has 1 aromatic heterocycles. The number of hydrogen-bond donors (Lipinski definition) is 2. The van der Waals surface area contributed by atoms with Crippen molar-refractivity contribution in [1.82, 2.24) is 9.97 Å². The molecule has 0 aliphatic rings. The summed E-state index contributed by atoms with van der Waals surface area (Å²) in [6.07, 6.45) is 1.40. The maximum Gasteiger partial charge on any atom is 0.325 e. The van der Waals surface area contributed by atoms with Crippen molar-refractivity contribution in [2.45, 2.75) is 6.92 Å². The molecule has 1 aromatic rings. The van der Waals surface area contributed by atoms with E-state index in [0.717, 1.165) is 0 Å². The molecule has 0 aromatic carbocycles. The van der Waals surface area contributed by atoms with E-state index in [1.54, 1.807) is 4.90 Å². The molecule has 0 radical (unpaired) electrons. The van der Waals surface area contributed by atoms with Gasteiger partial charge >= 0.3 is 5.69 Å². The molecule has 6 heteroatoms. The molecule has 0 fully saturated rings. The Bertz CT molecular complexity index is 398. The Morgan fingerprint density at radius 2 is 2.21 bits per heavy atom. The standard InChI is InChI=1S/C8H12ClN3O2/c1-2-12(4-3-9)6-5-10-8(14)11-7(6)13/h5H,2-4H2,1H3,(H2,10,11,13,14). The van der Waals surface area contributed by atoms with Gasteiger partial charge in [-0.3, -0.25) is 9.78 Å². The minimum atomic E-state index is -0.499. The Balaban J connectivity index is 3.04. The molecule has 0 saturated heterocycles. The average Bonchev–Trinajstić information content (AvgIpc) is 2.15. The number of aromatic amines is 2. The molecule has 1 rings (SSSR count). The quantitative estimate of drug-likeness (QED) is 0.705. The molecule has 0 saturated carbocycles. The largest absolute Gasteiger partial charge is 0.365 e. The highest BCUT2D eigenvalue weighted by Crippen LogP contribution is 2.03. The first kappa shape index (κ1) is 10.8. The highest BCUT2D eigenvalue weighted by Gasteiger charge is 2.07. The summed E-state index contributed by atoms with van der Waals surface area (Å²) in [4.78, 5) is 28.5. The zero-order chi connectivity index (χ0) is 10.6. The van der Waals surface area contributed by atoms with Crippen LogP contribution in [0.5, 0.6) is 0 Å². The maximum absolute atomic E-state index is 11.4. The molecule has 0 atom stereocenters. The van der Waals surface area contributed by atoms with Crippen LogP contribution in [0.2, 0.25) is 0 Å². The summed E-state index contributed by atoms with van der Waals surface area (Å²) < 4.78 is 0. The Morgan fingerprint density at radius 3 is 2.71 bits per heavy atom. The molecule has 0 aliphatic carbocycles. The van der Waals surface area contributed by atoms with Crippen LogP contribution in [0.4, 0.5) is 5.69 Å². The van der Waals surface area contributed by atoms with Crippen LogP contribution in [-0.4, -0.2) is 28.9 Å². The Labute approximate surface area is 85.7 Å². The van der Waals surface area contributed by atoms with Crippen LogP contribution in [0.3, 0.4) is 0 Å². The van der Waals surface area contributed by atoms with E-state index in [9.17, 15) is 9.59 Å². The predicted molar refractivity (Wildman–Crippen MR) is 56.3 cm³/mol. The van der Waals surface area contributed by atoms with Crippen LogP contribution in [0.25, 0.3) is 0 Å². The van der Waals surface area contributed by atoms with E-state index < -0.39 is 5.69 Å². The molecule has 5 nitrogen and oxygen atoms in total. The zero-order valence-electron chi connectivity index (χ0n) is 7.84. The predicted octanol–water partition coefficient (Wildman–Crippen LogP) is 0.128. The summed E-state index contributed by atoms with van der Waals surface area (Å²) in [6.45, 7) is 3.16. The van der Waals surface area contributed by atoms with E-state index in [1.165, 1.54) is 6.20 Å². The second kappa shape index (κ2) is 4.85. The van der Waals surface area contributed by atoms with Crippen LogP contribution in [-0.2, 0) is 0 Å². The summed E-state index contributed by atoms with van der Waals surface area (Å²) in [6, 6.07) is 0. The molecular weight excluding hydrogens is 206 g/mol. The smallest absolute Gasteiger partial charge is 0.325 e. The van der Waals surface area contributed by atoms with Crippen molar-refractivity contribution in [3.05, 3.63) is 27.0 Å². The van der Waals surface area contributed by atoms with Gasteiger partial charge in [-0.05, 0) is 6.92 Å². The summed E-state index contributed by atoms with van der Waals surface area (Å²) in [5, 5.41) is 0. The number of nitrogens with zero attached hydrogens (tertiary/aromatic N) is 1. The van der Waals surface area contributed by atoms with Crippen molar-refractivity contribution < 1.29 is 0 Å². The third-order valence-corrected chi connectivity index (χ3v) is 2.05. The van der Waals surface area contributed by atoms with Gasteiger partial charge in [-0.15, -0.1) is 11.6 Å². The number of hydrogen-bond acceptors (Lipinski definition) is 3. The fourth-order valence-electron chi connectivity index (χ4n) is 1.19. The van der Waals surface area contributed by atoms with Gasteiger partial charge in [0.05, 0.1) is 0 Å². The summed E-state index contributed by atoms with van der Waals surface area (Å²) in [5.74, 6) is 0.437. The topological polar surface area (TPSA) is 69.0 Å². The van der Waals surface area contributed by atoms with Gasteiger partial charge in [0.1, 0.15) is 5.69 Å². The summed E-state index contributed by atoms with van der Waals surface area (Å²) >= 11 is 5.58. The van der Waals surface area contributed by atoms with Crippen LogP contribution < -0.4 is 16.1 Å². The molecule has 0 aliphatic heterocycles. The van der Waals surface area contributed by atoms with Crippen LogP contribution in [0.1, 0.15) is 6.92 Å². The molecule has 0 amide bonds. The van der Waals surface area contributed by atoms with Crippen molar-refractivity contribution in [3.63, 3.8) is 0 Å². The molecular formula is C8H12ClN3O2. The van der Waals surface area contributed by atoms with E-state index in [1.807, 2.05) is 6.92 Å². The molecule has 0 unspecified atom stereocenters. The number of halogens is 1. The Hall–Kier alpha value is -1.23. The van der Waals surface area contributed by atoms with Crippen LogP contribution in [0.15, 0.2) is 15.8 Å². The van der Waals surface area contributed by atoms with Gasteiger partial charge in [0.2, 0.25) is 0 Å². The van der Waals surface area contributed by atoms with E-state index >= 15 is 0 Å². The lowest BCUT2D eigenvalue weighted by Gasteiger charge is -2.19. The van der Waals surface area contributed by atoms with Gasteiger partial charge in [0.15, 0.2) is 0 Å². The SMILES string of the molecule is CCN(CCCl)c1c[nH]c(=O)[nH]c1=O. The van der Waals surface area contributed by atoms with Gasteiger partial charge in [-0.25, -0.2) is 4.79 Å². The number of rotatable bonds is 4. The highest BCUT2D eigenvalue weighted by molar-refractivity contribution is 6.18. The number of alkyl halides is 1. The lowest BCUT2D eigenvalue weighted by molar-refractivity contribution is 0.846. The first-order valence-electron chi connectivity index (χ1n) is 4.32. The molecule has 0 bridgehead atoms. The van der Waals surface area contributed by atoms with Crippen molar-refractivity contribution in [3.8, 4) is 0 Å². The van der Waals surface area contributed by atoms with Crippen LogP contribution in [0, 0.1) is 0 Å². The number of anilines is 1. The van der Waals surface area contributed by atoms with Gasteiger partial charge in [0.25, 0.3) is 5.56 Å². The van der Waals surface area contributed by atoms with E-state index in [4.69, 9.17) is 11.6 Å². The Kier molecular flexibility index (Phi) is 3.76. The second-order valence-corrected chi connectivity index (χ2v) is 3.10. The van der Waals surface area contributed by atoms with Crippen molar-refractivity contribution in [2.24, 2.45) is 0 Å². The lowest BCUT2D eigenvalue weighted by atomic mass is 10.4. The van der Waals surface area contributed by atoms with Crippen molar-refractivity contribution in [1.29, 1.82) is 0 Å². The van der Waals surface area contributed by atoms with Crippen LogP contribution >= 0.6 is 11.6 Å². The molecule has 14 heavy (non-hydrogen) atoms. The van der Waals surface area contributed by atoms with Gasteiger partial charge in [-0.2, -0.15) is 0 Å². The summed E-state index contributed by atoms with van der Waals surface area (Å²) in [5.41, 5.74) is -0.450. The third-order valence-electron chi connectivity index (χ3n) is 1.88. The first-order valence-corrected chi connectivity index (χ1v) is 4.85. The lowest BCUT2D eigenvalue weighted by Crippen LogP contribution is -2.33. The van der Waals surface area contributed by atoms with Crippen molar-refractivity contribution in [2.75, 3.05) is 23.9 Å². The van der Waals surface area contributed by atoms with Crippen molar-refractivity contribution >= 4 is 17.3 Å². The number of H-pyrrole nitrogens is 2. The monoisotopic (exact) mass is 217 g/mol. The molecule has 1 heterocycles. The fraction of sp³-hybridized carbons (Fsp3) is 0.500. The van der Waals surface area contributed by atoms with E-state index in [2.05, 4.69) is 9.97 Å². The van der Waals surface area contributed by atoms with E-state index in [-0.39, 0.29) is 5.56 Å². The maximum atomic E-state index is 11.4. The number of nitrogens with one attached hydrogen (secondary N) is 2.